The number of pyridine rings is 1. The van der Waals surface area contributed by atoms with E-state index in [0.717, 1.165) is 31.7 Å². The lowest BCUT2D eigenvalue weighted by atomic mass is 10.2. The van der Waals surface area contributed by atoms with Crippen LogP contribution in [0, 0.1) is 0 Å². The Morgan fingerprint density at radius 2 is 2.06 bits per heavy atom. The molecular weight excluding hydrogens is 212 g/mol. The quantitative estimate of drug-likeness (QED) is 0.705. The molecule has 1 aromatic rings. The van der Waals surface area contributed by atoms with Crippen LogP contribution in [0.2, 0.25) is 0 Å². The fraction of sp³-hybridized carbons (Fsp3) is 0.643. The smallest absolute Gasteiger partial charge is 0.0570 e. The largest absolute Gasteiger partial charge is 0.379 e. The molecular formula is C14H24N2O. The Morgan fingerprint density at radius 3 is 2.71 bits per heavy atom. The molecule has 0 spiro atoms. The summed E-state index contributed by atoms with van der Waals surface area (Å²) in [4.78, 5) is 4.33. The molecule has 1 N–H and O–H groups in total. The monoisotopic (exact) mass is 236 g/mol. The van der Waals surface area contributed by atoms with Gasteiger partial charge in [0.1, 0.15) is 0 Å². The lowest BCUT2D eigenvalue weighted by Crippen LogP contribution is -2.21. The molecule has 96 valence electrons. The Kier molecular flexibility index (Phi) is 6.82. The first-order chi connectivity index (χ1) is 8.20. The lowest BCUT2D eigenvalue weighted by Gasteiger charge is -2.13. The van der Waals surface area contributed by atoms with E-state index in [2.05, 4.69) is 37.1 Å². The maximum Gasteiger partial charge on any atom is 0.0570 e. The molecule has 1 unspecified atom stereocenters. The first kappa shape index (κ1) is 14.1. The number of nitrogens with zero attached hydrogens (tertiary/aromatic N) is 1. The van der Waals surface area contributed by atoms with Crippen LogP contribution < -0.4 is 5.32 Å². The molecule has 1 rings (SSSR count). The fourth-order valence-electron chi connectivity index (χ4n) is 1.60. The topological polar surface area (TPSA) is 34.1 Å². The van der Waals surface area contributed by atoms with E-state index in [1.54, 1.807) is 0 Å². The summed E-state index contributed by atoms with van der Waals surface area (Å²) in [6.45, 7) is 8.16. The summed E-state index contributed by atoms with van der Waals surface area (Å²) in [5.74, 6) is 0. The molecule has 0 bridgehead atoms. The molecule has 0 amide bonds. The highest BCUT2D eigenvalue weighted by Gasteiger charge is 2.04. The van der Waals surface area contributed by atoms with Crippen molar-refractivity contribution in [2.45, 2.75) is 45.8 Å². The van der Waals surface area contributed by atoms with Crippen molar-refractivity contribution in [1.29, 1.82) is 0 Å². The number of unbranched alkanes of at least 4 members (excludes halogenated alkanes) is 1. The SMILES string of the molecule is CC(C)OCCCCNC(C)c1ccccn1. The average molecular weight is 236 g/mol. The molecule has 0 radical (unpaired) electrons. The first-order valence-electron chi connectivity index (χ1n) is 6.46. The van der Waals surface area contributed by atoms with E-state index in [1.807, 2.05) is 18.3 Å². The van der Waals surface area contributed by atoms with Crippen LogP contribution in [0.5, 0.6) is 0 Å². The summed E-state index contributed by atoms with van der Waals surface area (Å²) in [5, 5.41) is 3.47. The molecule has 0 saturated carbocycles. The highest BCUT2D eigenvalue weighted by atomic mass is 16.5. The van der Waals surface area contributed by atoms with Crippen molar-refractivity contribution in [3.05, 3.63) is 30.1 Å². The zero-order valence-electron chi connectivity index (χ0n) is 11.1. The van der Waals surface area contributed by atoms with Crippen LogP contribution in [-0.4, -0.2) is 24.2 Å². The number of hydrogen-bond donors (Lipinski definition) is 1. The summed E-state index contributed by atoms with van der Waals surface area (Å²) >= 11 is 0. The van der Waals surface area contributed by atoms with E-state index in [-0.39, 0.29) is 0 Å². The molecule has 0 aliphatic heterocycles. The van der Waals surface area contributed by atoms with Gasteiger partial charge >= 0.3 is 0 Å². The van der Waals surface area contributed by atoms with Crippen LogP contribution in [0.3, 0.4) is 0 Å². The van der Waals surface area contributed by atoms with Gasteiger partial charge in [-0.05, 0) is 52.3 Å². The maximum atomic E-state index is 5.49. The van der Waals surface area contributed by atoms with Gasteiger partial charge in [0.15, 0.2) is 0 Å². The Balaban J connectivity index is 2.07. The van der Waals surface area contributed by atoms with E-state index < -0.39 is 0 Å². The van der Waals surface area contributed by atoms with Crippen LogP contribution in [-0.2, 0) is 4.74 Å². The maximum absolute atomic E-state index is 5.49. The van der Waals surface area contributed by atoms with E-state index in [1.165, 1.54) is 0 Å². The van der Waals surface area contributed by atoms with Gasteiger partial charge in [0.05, 0.1) is 11.8 Å². The average Bonchev–Trinajstić information content (AvgIpc) is 2.34. The summed E-state index contributed by atoms with van der Waals surface area (Å²) in [6.07, 6.45) is 4.43. The van der Waals surface area contributed by atoms with Crippen molar-refractivity contribution >= 4 is 0 Å². The second-order valence-corrected chi connectivity index (χ2v) is 4.56. The fourth-order valence-corrected chi connectivity index (χ4v) is 1.60. The third kappa shape index (κ3) is 6.39. The van der Waals surface area contributed by atoms with Crippen molar-refractivity contribution in [2.75, 3.05) is 13.2 Å². The molecule has 0 aliphatic carbocycles. The van der Waals surface area contributed by atoms with Crippen LogP contribution in [0.25, 0.3) is 0 Å². The van der Waals surface area contributed by atoms with Crippen LogP contribution >= 0.6 is 0 Å². The van der Waals surface area contributed by atoms with E-state index in [0.29, 0.717) is 12.1 Å². The van der Waals surface area contributed by atoms with Crippen LogP contribution in [0.4, 0.5) is 0 Å². The third-order valence-corrected chi connectivity index (χ3v) is 2.60. The Hall–Kier alpha value is -0.930. The van der Waals surface area contributed by atoms with Crippen molar-refractivity contribution in [2.24, 2.45) is 0 Å². The summed E-state index contributed by atoms with van der Waals surface area (Å²) in [6, 6.07) is 6.35. The van der Waals surface area contributed by atoms with Crippen molar-refractivity contribution in [3.63, 3.8) is 0 Å². The van der Waals surface area contributed by atoms with E-state index >= 15 is 0 Å². The minimum Gasteiger partial charge on any atom is -0.379 e. The summed E-state index contributed by atoms with van der Waals surface area (Å²) in [7, 11) is 0. The van der Waals surface area contributed by atoms with Crippen LogP contribution in [0.1, 0.15) is 45.3 Å². The van der Waals surface area contributed by atoms with Gasteiger partial charge in [0, 0.05) is 18.8 Å². The highest BCUT2D eigenvalue weighted by Crippen LogP contribution is 2.07. The molecule has 0 fully saturated rings. The Labute approximate surface area is 105 Å². The predicted molar refractivity (Wildman–Crippen MR) is 71.0 cm³/mol. The molecule has 3 heteroatoms. The van der Waals surface area contributed by atoms with Gasteiger partial charge in [-0.15, -0.1) is 0 Å². The molecule has 1 atom stereocenters. The van der Waals surface area contributed by atoms with Gasteiger partial charge in [-0.3, -0.25) is 4.98 Å². The normalized spacial score (nSPS) is 12.9. The summed E-state index contributed by atoms with van der Waals surface area (Å²) in [5.41, 5.74) is 1.10. The zero-order chi connectivity index (χ0) is 12.5. The van der Waals surface area contributed by atoms with Gasteiger partial charge in [0.25, 0.3) is 0 Å². The highest BCUT2D eigenvalue weighted by molar-refractivity contribution is 5.07. The minimum absolute atomic E-state index is 0.321. The van der Waals surface area contributed by atoms with Crippen molar-refractivity contribution in [1.82, 2.24) is 10.3 Å². The Bertz CT molecular complexity index is 288. The number of rotatable bonds is 8. The first-order valence-corrected chi connectivity index (χ1v) is 6.46. The van der Waals surface area contributed by atoms with Gasteiger partial charge in [-0.2, -0.15) is 0 Å². The summed E-state index contributed by atoms with van der Waals surface area (Å²) < 4.78 is 5.49. The van der Waals surface area contributed by atoms with Gasteiger partial charge in [-0.1, -0.05) is 6.07 Å². The van der Waals surface area contributed by atoms with Gasteiger partial charge in [-0.25, -0.2) is 0 Å². The molecule has 17 heavy (non-hydrogen) atoms. The van der Waals surface area contributed by atoms with E-state index in [4.69, 9.17) is 4.74 Å². The second kappa shape index (κ2) is 8.20. The van der Waals surface area contributed by atoms with Crippen molar-refractivity contribution < 1.29 is 4.74 Å². The zero-order valence-corrected chi connectivity index (χ0v) is 11.1. The van der Waals surface area contributed by atoms with E-state index in [9.17, 15) is 0 Å². The van der Waals surface area contributed by atoms with Crippen LogP contribution in [0.15, 0.2) is 24.4 Å². The van der Waals surface area contributed by atoms with Gasteiger partial charge in [0.2, 0.25) is 0 Å². The molecule has 0 saturated heterocycles. The number of ether oxygens (including phenoxy) is 1. The molecule has 1 aromatic heterocycles. The molecule has 1 heterocycles. The Morgan fingerprint density at radius 1 is 1.24 bits per heavy atom. The second-order valence-electron chi connectivity index (χ2n) is 4.56. The predicted octanol–water partition coefficient (Wildman–Crippen LogP) is 2.94. The van der Waals surface area contributed by atoms with Gasteiger partial charge < -0.3 is 10.1 Å². The number of hydrogen-bond acceptors (Lipinski definition) is 3. The lowest BCUT2D eigenvalue weighted by molar-refractivity contribution is 0.0759. The third-order valence-electron chi connectivity index (χ3n) is 2.60. The standard InChI is InChI=1S/C14H24N2O/c1-12(2)17-11-7-6-9-15-13(3)14-8-4-5-10-16-14/h4-5,8,10,12-13,15H,6-7,9,11H2,1-3H3. The number of nitrogens with one attached hydrogen (secondary N) is 1. The number of aromatic nitrogens is 1. The molecule has 0 aromatic carbocycles. The minimum atomic E-state index is 0.321. The molecule has 3 nitrogen and oxygen atoms in total. The molecule has 0 aliphatic rings. The van der Waals surface area contributed by atoms with Crippen molar-refractivity contribution in [3.8, 4) is 0 Å².